The number of methoxy groups -OCH3 is 2. The summed E-state index contributed by atoms with van der Waals surface area (Å²) in [6.07, 6.45) is 3.12. The van der Waals surface area contributed by atoms with Gasteiger partial charge in [0.25, 0.3) is 0 Å². The Kier molecular flexibility index (Phi) is 6.31. The average Bonchev–Trinajstić information content (AvgIpc) is 2.59. The lowest BCUT2D eigenvalue weighted by Crippen LogP contribution is -2.15. The molecule has 0 saturated heterocycles. The zero-order valence-corrected chi connectivity index (χ0v) is 15.4. The van der Waals surface area contributed by atoms with E-state index in [-0.39, 0.29) is 5.91 Å². The fraction of sp³-hybridized carbons (Fsp3) is 0.211. The van der Waals surface area contributed by atoms with Gasteiger partial charge in [0.1, 0.15) is 11.5 Å². The van der Waals surface area contributed by atoms with Crippen molar-refractivity contribution in [2.24, 2.45) is 0 Å². The molecule has 1 amide bonds. The van der Waals surface area contributed by atoms with Crippen molar-refractivity contribution in [2.75, 3.05) is 38.5 Å². The average molecular weight is 361 g/mol. The Hall–Kier alpha value is -2.66. The lowest BCUT2D eigenvalue weighted by molar-refractivity contribution is -0.111. The summed E-state index contributed by atoms with van der Waals surface area (Å²) in [5.74, 6) is 1.07. The third-order valence-electron chi connectivity index (χ3n) is 3.55. The SMILES string of the molecule is COc1ccc(OC)c(C=CC(=O)Nc2cc(Cl)ccc2N(C)C)c1. The first kappa shape index (κ1) is 18.7. The minimum Gasteiger partial charge on any atom is -0.497 e. The molecular formula is C19H21ClN2O3. The van der Waals surface area contributed by atoms with E-state index >= 15 is 0 Å². The van der Waals surface area contributed by atoms with Crippen LogP contribution in [0.15, 0.2) is 42.5 Å². The number of amides is 1. The van der Waals surface area contributed by atoms with E-state index in [1.165, 1.54) is 6.08 Å². The van der Waals surface area contributed by atoms with Crippen LogP contribution in [0, 0.1) is 0 Å². The Morgan fingerprint density at radius 1 is 1.12 bits per heavy atom. The minimum atomic E-state index is -0.268. The molecule has 0 aliphatic rings. The van der Waals surface area contributed by atoms with Crippen molar-refractivity contribution in [2.45, 2.75) is 0 Å². The zero-order chi connectivity index (χ0) is 18.4. The standard InChI is InChI=1S/C19H21ClN2O3/c1-22(2)17-8-6-14(20)12-16(17)21-19(23)10-5-13-11-15(24-3)7-9-18(13)25-4/h5-12H,1-4H3,(H,21,23). The van der Waals surface area contributed by atoms with Crippen molar-refractivity contribution >= 4 is 35.0 Å². The highest BCUT2D eigenvalue weighted by Crippen LogP contribution is 2.28. The van der Waals surface area contributed by atoms with Gasteiger partial charge in [-0.2, -0.15) is 0 Å². The highest BCUT2D eigenvalue weighted by molar-refractivity contribution is 6.31. The van der Waals surface area contributed by atoms with Gasteiger partial charge >= 0.3 is 0 Å². The summed E-state index contributed by atoms with van der Waals surface area (Å²) in [6.45, 7) is 0. The minimum absolute atomic E-state index is 0.268. The molecule has 0 aliphatic heterocycles. The van der Waals surface area contributed by atoms with Gasteiger partial charge in [-0.25, -0.2) is 0 Å². The second-order valence-electron chi connectivity index (χ2n) is 5.49. The van der Waals surface area contributed by atoms with Gasteiger partial charge in [-0.1, -0.05) is 11.6 Å². The van der Waals surface area contributed by atoms with Gasteiger partial charge in [-0.15, -0.1) is 0 Å². The maximum atomic E-state index is 12.3. The number of carbonyl (C=O) groups excluding carboxylic acids is 1. The number of nitrogens with one attached hydrogen (secondary N) is 1. The van der Waals surface area contributed by atoms with Crippen LogP contribution in [0.3, 0.4) is 0 Å². The van der Waals surface area contributed by atoms with Crippen LogP contribution in [0.1, 0.15) is 5.56 Å². The van der Waals surface area contributed by atoms with E-state index in [0.29, 0.717) is 22.2 Å². The van der Waals surface area contributed by atoms with E-state index in [4.69, 9.17) is 21.1 Å². The predicted molar refractivity (Wildman–Crippen MR) is 103 cm³/mol. The molecule has 6 heteroatoms. The van der Waals surface area contributed by atoms with Crippen molar-refractivity contribution in [1.29, 1.82) is 0 Å². The van der Waals surface area contributed by atoms with Gasteiger partial charge < -0.3 is 19.7 Å². The van der Waals surface area contributed by atoms with Crippen molar-refractivity contribution in [1.82, 2.24) is 0 Å². The lowest BCUT2D eigenvalue weighted by atomic mass is 10.1. The number of halogens is 1. The Labute approximate surface area is 152 Å². The summed E-state index contributed by atoms with van der Waals surface area (Å²) in [5.41, 5.74) is 2.26. The van der Waals surface area contributed by atoms with Crippen molar-refractivity contribution < 1.29 is 14.3 Å². The van der Waals surface area contributed by atoms with Gasteiger partial charge in [-0.05, 0) is 42.5 Å². The Balaban J connectivity index is 2.21. The molecule has 0 fully saturated rings. The van der Waals surface area contributed by atoms with Crippen molar-refractivity contribution in [3.8, 4) is 11.5 Å². The predicted octanol–water partition coefficient (Wildman–Crippen LogP) is 4.08. The maximum Gasteiger partial charge on any atom is 0.248 e. The number of hydrogen-bond acceptors (Lipinski definition) is 4. The molecule has 0 spiro atoms. The molecule has 25 heavy (non-hydrogen) atoms. The van der Waals surface area contributed by atoms with Crippen LogP contribution in [0.5, 0.6) is 11.5 Å². The fourth-order valence-corrected chi connectivity index (χ4v) is 2.48. The molecule has 2 aromatic carbocycles. The number of anilines is 2. The van der Waals surface area contributed by atoms with Crippen LogP contribution in [-0.4, -0.2) is 34.2 Å². The second kappa shape index (κ2) is 8.44. The molecule has 0 radical (unpaired) electrons. The topological polar surface area (TPSA) is 50.8 Å². The quantitative estimate of drug-likeness (QED) is 0.789. The highest BCUT2D eigenvalue weighted by Gasteiger charge is 2.08. The molecule has 5 nitrogen and oxygen atoms in total. The molecule has 0 heterocycles. The van der Waals surface area contributed by atoms with Crippen molar-refractivity contribution in [3.05, 3.63) is 53.1 Å². The first-order valence-electron chi connectivity index (χ1n) is 7.62. The normalized spacial score (nSPS) is 10.6. The van der Waals surface area contributed by atoms with E-state index in [0.717, 1.165) is 11.3 Å². The van der Waals surface area contributed by atoms with Crippen LogP contribution in [-0.2, 0) is 4.79 Å². The van der Waals surface area contributed by atoms with Crippen LogP contribution in [0.25, 0.3) is 6.08 Å². The number of benzene rings is 2. The molecule has 1 N–H and O–H groups in total. The largest absolute Gasteiger partial charge is 0.497 e. The monoisotopic (exact) mass is 360 g/mol. The van der Waals surface area contributed by atoms with E-state index in [1.54, 1.807) is 50.6 Å². The molecule has 0 aliphatic carbocycles. The first-order chi connectivity index (χ1) is 11.9. The summed E-state index contributed by atoms with van der Waals surface area (Å²) in [5, 5.41) is 3.40. The highest BCUT2D eigenvalue weighted by atomic mass is 35.5. The van der Waals surface area contributed by atoms with Gasteiger partial charge in [0.2, 0.25) is 5.91 Å². The summed E-state index contributed by atoms with van der Waals surface area (Å²) in [7, 11) is 6.96. The third-order valence-corrected chi connectivity index (χ3v) is 3.78. The van der Waals surface area contributed by atoms with Crippen LogP contribution >= 0.6 is 11.6 Å². The molecule has 0 bridgehead atoms. The maximum absolute atomic E-state index is 12.3. The molecule has 2 rings (SSSR count). The van der Waals surface area contributed by atoms with E-state index in [1.807, 2.05) is 25.1 Å². The van der Waals surface area contributed by atoms with E-state index in [9.17, 15) is 4.79 Å². The van der Waals surface area contributed by atoms with E-state index < -0.39 is 0 Å². The van der Waals surface area contributed by atoms with Gasteiger partial charge in [0, 0.05) is 30.8 Å². The van der Waals surface area contributed by atoms with Gasteiger partial charge in [0.15, 0.2) is 0 Å². The summed E-state index contributed by atoms with van der Waals surface area (Å²) in [4.78, 5) is 14.2. The Morgan fingerprint density at radius 2 is 1.88 bits per heavy atom. The number of hydrogen-bond donors (Lipinski definition) is 1. The molecular weight excluding hydrogens is 340 g/mol. The number of rotatable bonds is 6. The number of ether oxygens (including phenoxy) is 2. The number of carbonyl (C=O) groups is 1. The van der Waals surface area contributed by atoms with Crippen LogP contribution in [0.4, 0.5) is 11.4 Å². The molecule has 0 aromatic heterocycles. The smallest absolute Gasteiger partial charge is 0.248 e. The number of nitrogens with zero attached hydrogens (tertiary/aromatic N) is 1. The molecule has 132 valence electrons. The molecule has 0 atom stereocenters. The Bertz CT molecular complexity index is 788. The molecule has 0 saturated carbocycles. The molecule has 2 aromatic rings. The van der Waals surface area contributed by atoms with E-state index in [2.05, 4.69) is 5.32 Å². The van der Waals surface area contributed by atoms with Crippen LogP contribution < -0.4 is 19.7 Å². The zero-order valence-electron chi connectivity index (χ0n) is 14.7. The third kappa shape index (κ3) is 4.90. The second-order valence-corrected chi connectivity index (χ2v) is 5.92. The van der Waals surface area contributed by atoms with Gasteiger partial charge in [0.05, 0.1) is 25.6 Å². The molecule has 0 unspecified atom stereocenters. The lowest BCUT2D eigenvalue weighted by Gasteiger charge is -2.17. The fourth-order valence-electron chi connectivity index (χ4n) is 2.31. The van der Waals surface area contributed by atoms with Crippen LogP contribution in [0.2, 0.25) is 5.02 Å². The summed E-state index contributed by atoms with van der Waals surface area (Å²) < 4.78 is 10.5. The summed E-state index contributed by atoms with van der Waals surface area (Å²) >= 11 is 6.03. The first-order valence-corrected chi connectivity index (χ1v) is 8.00. The van der Waals surface area contributed by atoms with Gasteiger partial charge in [-0.3, -0.25) is 4.79 Å². The Morgan fingerprint density at radius 3 is 2.52 bits per heavy atom. The van der Waals surface area contributed by atoms with Crippen molar-refractivity contribution in [3.63, 3.8) is 0 Å². The summed E-state index contributed by atoms with van der Waals surface area (Å²) in [6, 6.07) is 10.7.